The van der Waals surface area contributed by atoms with Gasteiger partial charge in [0.25, 0.3) is 0 Å². The van der Waals surface area contributed by atoms with E-state index in [1.165, 1.54) is 10.8 Å². The molecular weight excluding hydrogens is 771 g/mol. The molecule has 13 rings (SSSR count). The highest BCUT2D eigenvalue weighted by Gasteiger charge is 2.25. The fourth-order valence-corrected chi connectivity index (χ4v) is 9.59. The normalized spacial score (nSPS) is 11.8. The van der Waals surface area contributed by atoms with Gasteiger partial charge in [0.1, 0.15) is 5.58 Å². The first-order chi connectivity index (χ1) is 31.3. The third kappa shape index (κ3) is 5.48. The Balaban J connectivity index is 1.08. The number of furan rings is 1. The first-order valence-corrected chi connectivity index (χ1v) is 21.2. The second kappa shape index (κ2) is 14.0. The molecule has 6 heteroatoms. The minimum atomic E-state index is 0.599. The highest BCUT2D eigenvalue weighted by Crippen LogP contribution is 2.45. The molecule has 0 radical (unpaired) electrons. The van der Waals surface area contributed by atoms with Gasteiger partial charge < -0.3 is 13.6 Å². The van der Waals surface area contributed by atoms with E-state index >= 15 is 0 Å². The largest absolute Gasteiger partial charge is 0.454 e. The molecule has 294 valence electrons. The van der Waals surface area contributed by atoms with Gasteiger partial charge in [-0.2, -0.15) is 0 Å². The molecule has 13 aromatic rings. The van der Waals surface area contributed by atoms with Crippen LogP contribution in [0, 0.1) is 0 Å². The molecule has 0 saturated heterocycles. The van der Waals surface area contributed by atoms with Gasteiger partial charge in [0.2, 0.25) is 0 Å². The fourth-order valence-electron chi connectivity index (χ4n) is 9.59. The number of fused-ring (bicyclic) bond motifs is 10. The van der Waals surface area contributed by atoms with Crippen LogP contribution in [0.1, 0.15) is 0 Å². The fraction of sp³-hybridized carbons (Fsp3) is 0. The third-order valence-corrected chi connectivity index (χ3v) is 12.4. The maximum Gasteiger partial charge on any atom is 0.164 e. The monoisotopic (exact) mass is 805 g/mol. The van der Waals surface area contributed by atoms with Crippen LogP contribution in [0.2, 0.25) is 0 Å². The number of rotatable bonds is 6. The molecule has 0 aliphatic carbocycles. The number of hydrogen-bond donors (Lipinski definition) is 0. The molecule has 0 saturated carbocycles. The van der Waals surface area contributed by atoms with Crippen molar-refractivity contribution in [2.24, 2.45) is 0 Å². The number of aromatic nitrogens is 5. The number of para-hydroxylation sites is 3. The van der Waals surface area contributed by atoms with E-state index in [0.717, 1.165) is 94.0 Å². The van der Waals surface area contributed by atoms with Gasteiger partial charge in [0.15, 0.2) is 23.1 Å². The van der Waals surface area contributed by atoms with E-state index in [1.54, 1.807) is 0 Å². The smallest absolute Gasteiger partial charge is 0.164 e. The molecule has 0 fully saturated rings. The Bertz CT molecular complexity index is 3830. The van der Waals surface area contributed by atoms with Crippen LogP contribution in [0.3, 0.4) is 0 Å². The third-order valence-electron chi connectivity index (χ3n) is 12.4. The van der Waals surface area contributed by atoms with Crippen molar-refractivity contribution in [3.8, 4) is 56.7 Å². The predicted molar refractivity (Wildman–Crippen MR) is 258 cm³/mol. The van der Waals surface area contributed by atoms with Crippen LogP contribution in [0.5, 0.6) is 0 Å². The maximum absolute atomic E-state index is 7.09. The van der Waals surface area contributed by atoms with Crippen molar-refractivity contribution in [3.63, 3.8) is 0 Å². The van der Waals surface area contributed by atoms with Crippen molar-refractivity contribution in [3.05, 3.63) is 212 Å². The minimum absolute atomic E-state index is 0.599. The topological polar surface area (TPSA) is 61.7 Å². The number of benzene rings is 9. The Kier molecular flexibility index (Phi) is 7.80. The van der Waals surface area contributed by atoms with Crippen molar-refractivity contribution >= 4 is 65.6 Å². The maximum atomic E-state index is 7.09. The summed E-state index contributed by atoms with van der Waals surface area (Å²) in [4.78, 5) is 15.6. The zero-order valence-corrected chi connectivity index (χ0v) is 33.9. The summed E-state index contributed by atoms with van der Waals surface area (Å²) in [5.41, 5.74) is 13.1. The molecule has 0 amide bonds. The first kappa shape index (κ1) is 35.2. The van der Waals surface area contributed by atoms with E-state index in [2.05, 4.69) is 197 Å². The first-order valence-electron chi connectivity index (χ1n) is 21.2. The molecule has 0 N–H and O–H groups in total. The zero-order chi connectivity index (χ0) is 41.4. The minimum Gasteiger partial charge on any atom is -0.454 e. The van der Waals surface area contributed by atoms with Gasteiger partial charge in [-0.1, -0.05) is 164 Å². The quantitative estimate of drug-likeness (QED) is 0.168. The van der Waals surface area contributed by atoms with E-state index in [1.807, 2.05) is 24.3 Å². The molecule has 0 atom stereocenters. The average Bonchev–Trinajstić information content (AvgIpc) is 4.03. The molecule has 0 aliphatic heterocycles. The van der Waals surface area contributed by atoms with Crippen molar-refractivity contribution < 1.29 is 4.42 Å². The van der Waals surface area contributed by atoms with Crippen molar-refractivity contribution in [2.45, 2.75) is 0 Å². The predicted octanol–water partition coefficient (Wildman–Crippen LogP) is 14.6. The molecule has 0 bridgehead atoms. The molecular formula is C57H35N5O. The molecule has 63 heavy (non-hydrogen) atoms. The van der Waals surface area contributed by atoms with Gasteiger partial charge in [0.05, 0.1) is 33.1 Å². The lowest BCUT2D eigenvalue weighted by atomic mass is 10.0. The summed E-state index contributed by atoms with van der Waals surface area (Å²) in [5.74, 6) is 1.82. The molecule has 9 aromatic carbocycles. The second-order valence-corrected chi connectivity index (χ2v) is 15.9. The highest BCUT2D eigenvalue weighted by atomic mass is 16.3. The summed E-state index contributed by atoms with van der Waals surface area (Å²) in [5, 5.41) is 6.64. The Morgan fingerprint density at radius 1 is 0.333 bits per heavy atom. The Morgan fingerprint density at radius 2 is 0.857 bits per heavy atom. The standard InChI is InChI=1S/C57H35N5O/c1-4-16-36(17-5-1)37-30-32-39(33-31-37)56-58-55(38-18-6-2-7-19-38)59-57(60-56)45-24-14-27-48-51(45)43-34-35-44-52-49(62-46-25-12-10-22-41(46)42-23-11-13-26-47(42)62)28-15-29-50(52)63-54(44)53(43)61(48)40-20-8-3-9-21-40/h1-35H. The SMILES string of the molecule is c1ccc(-c2ccc(-c3nc(-c4ccccc4)nc(-c4cccc5c4c4ccc6c(oc7cccc(-n8c9ccccc9c9ccccc98)c76)c4n5-c4ccccc4)n3)cc2)cc1. The summed E-state index contributed by atoms with van der Waals surface area (Å²) in [7, 11) is 0. The number of nitrogens with zero attached hydrogens (tertiary/aromatic N) is 5. The van der Waals surface area contributed by atoms with Crippen molar-refractivity contribution in [1.82, 2.24) is 24.1 Å². The molecule has 0 unspecified atom stereocenters. The van der Waals surface area contributed by atoms with Crippen LogP contribution >= 0.6 is 0 Å². The van der Waals surface area contributed by atoms with Gasteiger partial charge in [-0.05, 0) is 59.7 Å². The molecule has 4 heterocycles. The summed E-state index contributed by atoms with van der Waals surface area (Å²) in [6.45, 7) is 0. The van der Waals surface area contributed by atoms with Gasteiger partial charge in [0, 0.05) is 49.3 Å². The van der Waals surface area contributed by atoms with E-state index in [-0.39, 0.29) is 0 Å². The lowest BCUT2D eigenvalue weighted by molar-refractivity contribution is 0.671. The summed E-state index contributed by atoms with van der Waals surface area (Å²) in [6.07, 6.45) is 0. The zero-order valence-electron chi connectivity index (χ0n) is 33.9. The van der Waals surface area contributed by atoms with E-state index in [9.17, 15) is 0 Å². The molecule has 0 aliphatic rings. The van der Waals surface area contributed by atoms with E-state index in [0.29, 0.717) is 17.5 Å². The van der Waals surface area contributed by atoms with Crippen molar-refractivity contribution in [2.75, 3.05) is 0 Å². The van der Waals surface area contributed by atoms with Crippen LogP contribution in [0.25, 0.3) is 122 Å². The second-order valence-electron chi connectivity index (χ2n) is 15.9. The van der Waals surface area contributed by atoms with Gasteiger partial charge >= 0.3 is 0 Å². The average molecular weight is 806 g/mol. The van der Waals surface area contributed by atoms with Crippen LogP contribution in [-0.4, -0.2) is 24.1 Å². The van der Waals surface area contributed by atoms with Crippen molar-refractivity contribution in [1.29, 1.82) is 0 Å². The lowest BCUT2D eigenvalue weighted by Crippen LogP contribution is -2.00. The van der Waals surface area contributed by atoms with Gasteiger partial charge in [-0.15, -0.1) is 0 Å². The Morgan fingerprint density at radius 3 is 1.56 bits per heavy atom. The molecule has 4 aromatic heterocycles. The van der Waals surface area contributed by atoms with Crippen LogP contribution < -0.4 is 0 Å². The van der Waals surface area contributed by atoms with E-state index < -0.39 is 0 Å². The van der Waals surface area contributed by atoms with Gasteiger partial charge in [-0.25, -0.2) is 15.0 Å². The van der Waals surface area contributed by atoms with Crippen LogP contribution in [-0.2, 0) is 0 Å². The summed E-state index contributed by atoms with van der Waals surface area (Å²) >= 11 is 0. The van der Waals surface area contributed by atoms with Gasteiger partial charge in [-0.3, -0.25) is 0 Å². The highest BCUT2D eigenvalue weighted by molar-refractivity contribution is 6.25. The number of hydrogen-bond acceptors (Lipinski definition) is 4. The van der Waals surface area contributed by atoms with Crippen LogP contribution in [0.4, 0.5) is 0 Å². The Labute approximate surface area is 361 Å². The lowest BCUT2D eigenvalue weighted by Gasteiger charge is -2.11. The summed E-state index contributed by atoms with van der Waals surface area (Å²) in [6, 6.07) is 74.2. The Hall–Kier alpha value is -8.61. The van der Waals surface area contributed by atoms with Crippen LogP contribution in [0.15, 0.2) is 217 Å². The molecule has 0 spiro atoms. The van der Waals surface area contributed by atoms with E-state index in [4.69, 9.17) is 19.4 Å². The molecule has 6 nitrogen and oxygen atoms in total. The summed E-state index contributed by atoms with van der Waals surface area (Å²) < 4.78 is 11.8.